The van der Waals surface area contributed by atoms with E-state index in [0.29, 0.717) is 16.6 Å². The molecule has 1 amide bonds. The normalized spacial score (nSPS) is 18.1. The SMILES string of the molecule is CCCCN=C1NS(=O)(=O)c2cc(C(N)=O)c(Cl)cc2S1. The van der Waals surface area contributed by atoms with Gasteiger partial charge in [0.05, 0.1) is 10.6 Å². The number of benzene rings is 1. The third-order valence-electron chi connectivity index (χ3n) is 2.78. The van der Waals surface area contributed by atoms with Gasteiger partial charge in [0.15, 0.2) is 5.17 Å². The van der Waals surface area contributed by atoms with Crippen LogP contribution >= 0.6 is 23.4 Å². The van der Waals surface area contributed by atoms with E-state index in [1.165, 1.54) is 23.9 Å². The number of carbonyl (C=O) groups excluding carboxylic acids is 1. The Morgan fingerprint density at radius 3 is 2.81 bits per heavy atom. The zero-order chi connectivity index (χ0) is 15.6. The lowest BCUT2D eigenvalue weighted by Crippen LogP contribution is -2.33. The van der Waals surface area contributed by atoms with E-state index in [2.05, 4.69) is 9.71 Å². The molecule has 0 aliphatic carbocycles. The highest BCUT2D eigenvalue weighted by atomic mass is 35.5. The van der Waals surface area contributed by atoms with Gasteiger partial charge in [0.1, 0.15) is 4.90 Å². The molecular weight excluding hydrogens is 334 g/mol. The third kappa shape index (κ3) is 3.50. The Morgan fingerprint density at radius 2 is 2.19 bits per heavy atom. The summed E-state index contributed by atoms with van der Waals surface area (Å²) >= 11 is 7.12. The Kier molecular flexibility index (Phi) is 4.80. The summed E-state index contributed by atoms with van der Waals surface area (Å²) in [6.07, 6.45) is 1.85. The van der Waals surface area contributed by atoms with Gasteiger partial charge in [0.25, 0.3) is 10.0 Å². The van der Waals surface area contributed by atoms with E-state index in [1.807, 2.05) is 6.92 Å². The minimum Gasteiger partial charge on any atom is -0.366 e. The smallest absolute Gasteiger partial charge is 0.264 e. The molecule has 21 heavy (non-hydrogen) atoms. The quantitative estimate of drug-likeness (QED) is 0.813. The molecule has 1 aliphatic rings. The molecule has 0 radical (unpaired) electrons. The van der Waals surface area contributed by atoms with E-state index in [1.54, 1.807) is 0 Å². The number of hydrogen-bond acceptors (Lipinski definition) is 5. The number of amidine groups is 1. The molecule has 0 unspecified atom stereocenters. The maximum Gasteiger partial charge on any atom is 0.264 e. The van der Waals surface area contributed by atoms with Crippen molar-refractivity contribution in [3.63, 3.8) is 0 Å². The van der Waals surface area contributed by atoms with E-state index in [0.717, 1.165) is 12.8 Å². The molecule has 1 aliphatic heterocycles. The van der Waals surface area contributed by atoms with Crippen molar-refractivity contribution in [2.45, 2.75) is 29.6 Å². The molecule has 2 rings (SSSR count). The van der Waals surface area contributed by atoms with Crippen molar-refractivity contribution < 1.29 is 13.2 Å². The molecule has 1 heterocycles. The van der Waals surface area contributed by atoms with Crippen molar-refractivity contribution in [3.8, 4) is 0 Å². The molecule has 1 aromatic rings. The summed E-state index contributed by atoms with van der Waals surface area (Å²) in [4.78, 5) is 15.9. The molecule has 1 aromatic carbocycles. The van der Waals surface area contributed by atoms with Crippen LogP contribution < -0.4 is 10.5 Å². The van der Waals surface area contributed by atoms with Gasteiger partial charge in [-0.3, -0.25) is 14.5 Å². The molecule has 6 nitrogen and oxygen atoms in total. The van der Waals surface area contributed by atoms with Crippen molar-refractivity contribution in [1.82, 2.24) is 4.72 Å². The van der Waals surface area contributed by atoms with Crippen LogP contribution in [0, 0.1) is 0 Å². The van der Waals surface area contributed by atoms with Crippen LogP contribution in [0.15, 0.2) is 26.9 Å². The van der Waals surface area contributed by atoms with E-state index in [4.69, 9.17) is 17.3 Å². The molecule has 3 N–H and O–H groups in total. The molecular formula is C12H14ClN3O3S2. The number of amides is 1. The van der Waals surface area contributed by atoms with Crippen LogP contribution in [0.4, 0.5) is 0 Å². The van der Waals surface area contributed by atoms with Crippen LogP contribution in [-0.2, 0) is 10.0 Å². The van der Waals surface area contributed by atoms with Gasteiger partial charge in [0.2, 0.25) is 5.91 Å². The number of hydrogen-bond donors (Lipinski definition) is 2. The second-order valence-corrected chi connectivity index (χ2v) is 7.48. The Bertz CT molecular complexity index is 717. The lowest BCUT2D eigenvalue weighted by molar-refractivity contribution is 0.1000. The van der Waals surface area contributed by atoms with Gasteiger partial charge < -0.3 is 5.73 Å². The van der Waals surface area contributed by atoms with E-state index >= 15 is 0 Å². The molecule has 9 heteroatoms. The first kappa shape index (κ1) is 16.1. The summed E-state index contributed by atoms with van der Waals surface area (Å²) in [6, 6.07) is 2.62. The number of nitrogens with zero attached hydrogens (tertiary/aromatic N) is 1. The number of halogens is 1. The van der Waals surface area contributed by atoms with Crippen molar-refractivity contribution in [2.24, 2.45) is 10.7 Å². The minimum absolute atomic E-state index is 0.0138. The number of aliphatic imine (C=N–C) groups is 1. The molecule has 0 fully saturated rings. The van der Waals surface area contributed by atoms with Crippen LogP contribution in [-0.4, -0.2) is 26.0 Å². The van der Waals surface area contributed by atoms with Gasteiger partial charge in [-0.05, 0) is 18.6 Å². The Balaban J connectivity index is 2.45. The summed E-state index contributed by atoms with van der Waals surface area (Å²) < 4.78 is 26.8. The molecule has 0 saturated carbocycles. The fraction of sp³-hybridized carbons (Fsp3) is 0.333. The fourth-order valence-corrected chi connectivity index (χ4v) is 4.68. The average Bonchev–Trinajstić information content (AvgIpc) is 2.37. The predicted octanol–water partition coefficient (Wildman–Crippen LogP) is 1.98. The zero-order valence-corrected chi connectivity index (χ0v) is 13.6. The number of sulfonamides is 1. The Morgan fingerprint density at radius 1 is 1.48 bits per heavy atom. The van der Waals surface area contributed by atoms with E-state index in [9.17, 15) is 13.2 Å². The first-order valence-corrected chi connectivity index (χ1v) is 8.91. The van der Waals surface area contributed by atoms with Crippen molar-refractivity contribution in [1.29, 1.82) is 0 Å². The summed E-state index contributed by atoms with van der Waals surface area (Å²) in [5.41, 5.74) is 5.15. The summed E-state index contributed by atoms with van der Waals surface area (Å²) in [5, 5.41) is 0.428. The first-order chi connectivity index (χ1) is 9.85. The number of carbonyl (C=O) groups is 1. The average molecular weight is 348 g/mol. The van der Waals surface area contributed by atoms with Crippen LogP contribution in [0.3, 0.4) is 0 Å². The van der Waals surface area contributed by atoms with Crippen molar-refractivity contribution in [2.75, 3.05) is 6.54 Å². The zero-order valence-electron chi connectivity index (χ0n) is 11.2. The number of fused-ring (bicyclic) bond motifs is 1. The second-order valence-electron chi connectivity index (χ2n) is 4.39. The van der Waals surface area contributed by atoms with Crippen LogP contribution in [0.1, 0.15) is 30.1 Å². The molecule has 0 spiro atoms. The highest BCUT2D eigenvalue weighted by Crippen LogP contribution is 2.35. The number of nitrogens with two attached hydrogens (primary N) is 1. The highest BCUT2D eigenvalue weighted by Gasteiger charge is 2.29. The third-order valence-corrected chi connectivity index (χ3v) is 5.72. The van der Waals surface area contributed by atoms with Crippen LogP contribution in [0.2, 0.25) is 5.02 Å². The van der Waals surface area contributed by atoms with Gasteiger partial charge in [0, 0.05) is 11.4 Å². The molecule has 0 saturated heterocycles. The van der Waals surface area contributed by atoms with Gasteiger partial charge in [-0.25, -0.2) is 8.42 Å². The van der Waals surface area contributed by atoms with Gasteiger partial charge in [-0.2, -0.15) is 0 Å². The van der Waals surface area contributed by atoms with Gasteiger partial charge in [-0.15, -0.1) is 0 Å². The Labute approximate surface area is 132 Å². The van der Waals surface area contributed by atoms with Crippen molar-refractivity contribution >= 4 is 44.5 Å². The van der Waals surface area contributed by atoms with E-state index < -0.39 is 15.9 Å². The van der Waals surface area contributed by atoms with Crippen LogP contribution in [0.25, 0.3) is 0 Å². The number of unbranched alkanes of at least 4 members (excludes halogenated alkanes) is 1. The first-order valence-electron chi connectivity index (χ1n) is 6.23. The summed E-state index contributed by atoms with van der Waals surface area (Å²) in [5.74, 6) is -0.773. The lowest BCUT2D eigenvalue weighted by atomic mass is 10.2. The van der Waals surface area contributed by atoms with Crippen molar-refractivity contribution in [3.05, 3.63) is 22.7 Å². The maximum absolute atomic E-state index is 12.2. The number of thioether (sulfide) groups is 1. The highest BCUT2D eigenvalue weighted by molar-refractivity contribution is 8.16. The number of primary amides is 1. The van der Waals surface area contributed by atoms with E-state index in [-0.39, 0.29) is 15.5 Å². The van der Waals surface area contributed by atoms with Gasteiger partial charge in [-0.1, -0.05) is 36.7 Å². The van der Waals surface area contributed by atoms with Gasteiger partial charge >= 0.3 is 0 Å². The molecule has 0 bridgehead atoms. The monoisotopic (exact) mass is 347 g/mol. The lowest BCUT2D eigenvalue weighted by Gasteiger charge is -2.20. The largest absolute Gasteiger partial charge is 0.366 e. The second kappa shape index (κ2) is 6.25. The fourth-order valence-electron chi connectivity index (χ4n) is 1.71. The topological polar surface area (TPSA) is 102 Å². The predicted molar refractivity (Wildman–Crippen MR) is 83.4 cm³/mol. The van der Waals surface area contributed by atoms with Crippen LogP contribution in [0.5, 0.6) is 0 Å². The molecule has 0 aromatic heterocycles. The number of rotatable bonds is 4. The maximum atomic E-state index is 12.2. The molecule has 0 atom stereocenters. The summed E-state index contributed by atoms with van der Waals surface area (Å²) in [7, 11) is -3.77. The summed E-state index contributed by atoms with van der Waals surface area (Å²) in [6.45, 7) is 2.57. The standard InChI is InChI=1S/C12H14ClN3O3S2/c1-2-3-4-15-12-16-21(18,19)10-5-7(11(14)17)8(13)6-9(10)20-12/h5-6H,2-4H2,1H3,(H2,14,17)(H,15,16). The molecule has 114 valence electrons. The number of nitrogens with one attached hydrogen (secondary N) is 1. The Hall–Kier alpha value is -1.25. The minimum atomic E-state index is -3.77.